The van der Waals surface area contributed by atoms with Crippen LogP contribution in [-0.2, 0) is 9.59 Å². The third kappa shape index (κ3) is 6.36. The molecule has 0 amide bonds. The van der Waals surface area contributed by atoms with Crippen LogP contribution in [0, 0.1) is 0 Å². The molecule has 1 aliphatic carbocycles. The zero-order valence-electron chi connectivity index (χ0n) is 20.2. The zero-order chi connectivity index (χ0) is 26.2. The monoisotopic (exact) mass is 499 g/mol. The normalized spacial score (nSPS) is 20.2. The Balaban J connectivity index is 0.000000392. The summed E-state index contributed by atoms with van der Waals surface area (Å²) < 4.78 is 16.4. The molecule has 192 valence electrons. The van der Waals surface area contributed by atoms with Crippen LogP contribution in [0.4, 0.5) is 0 Å². The van der Waals surface area contributed by atoms with E-state index in [2.05, 4.69) is 9.97 Å². The summed E-state index contributed by atoms with van der Waals surface area (Å²) in [5.74, 6) is -0.973. The summed E-state index contributed by atoms with van der Waals surface area (Å²) in [4.78, 5) is 32.6. The van der Waals surface area contributed by atoms with Gasteiger partial charge in [-0.2, -0.15) is 0 Å². The van der Waals surface area contributed by atoms with Gasteiger partial charge in [-0.1, -0.05) is 0 Å². The molecule has 2 heterocycles. The Labute approximate surface area is 208 Å². The van der Waals surface area contributed by atoms with Crippen molar-refractivity contribution >= 4 is 17.7 Å². The van der Waals surface area contributed by atoms with Crippen molar-refractivity contribution < 1.29 is 39.1 Å². The van der Waals surface area contributed by atoms with Crippen molar-refractivity contribution in [1.82, 2.24) is 9.97 Å². The minimum Gasteiger partial charge on any atom is -0.493 e. The molecule has 36 heavy (non-hydrogen) atoms. The number of carboxylic acids is 2. The van der Waals surface area contributed by atoms with Crippen LogP contribution in [0.5, 0.6) is 17.5 Å². The summed E-state index contributed by atoms with van der Waals surface area (Å²) in [6.07, 6.45) is 6.59. The van der Waals surface area contributed by atoms with Crippen LogP contribution in [0.15, 0.2) is 41.7 Å². The lowest BCUT2D eigenvalue weighted by Crippen LogP contribution is -2.34. The molecular weight excluding hydrogens is 470 g/mol. The highest BCUT2D eigenvalue weighted by molar-refractivity contribution is 6.14. The van der Waals surface area contributed by atoms with Gasteiger partial charge < -0.3 is 29.5 Å². The first-order valence-corrected chi connectivity index (χ1v) is 11.4. The second-order valence-corrected chi connectivity index (χ2v) is 8.11. The van der Waals surface area contributed by atoms with Gasteiger partial charge in [-0.05, 0) is 43.9 Å². The van der Waals surface area contributed by atoms with Gasteiger partial charge in [-0.3, -0.25) is 4.99 Å². The summed E-state index contributed by atoms with van der Waals surface area (Å²) in [7, 11) is 3.17. The number of aliphatic carboxylic acids is 2. The smallest absolute Gasteiger partial charge is 0.328 e. The zero-order valence-corrected chi connectivity index (χ0v) is 20.2. The number of aliphatic hydroxyl groups is 1. The lowest BCUT2D eigenvalue weighted by molar-refractivity contribution is -0.134. The van der Waals surface area contributed by atoms with E-state index in [4.69, 9.17) is 29.4 Å². The molecular formula is C25H29N3O8. The SMILES string of the molecule is CCOc1cc2c(cc1OC)C(c1cnc(OC)nc1)=N[C@@H]1CC[C@@H](O)C[C@H]21.O=C(O)C=CC(=O)O. The third-order valence-electron chi connectivity index (χ3n) is 5.82. The molecule has 3 atom stereocenters. The van der Waals surface area contributed by atoms with Gasteiger partial charge in [0.1, 0.15) is 0 Å². The van der Waals surface area contributed by atoms with Crippen LogP contribution >= 0.6 is 0 Å². The first-order valence-electron chi connectivity index (χ1n) is 11.4. The van der Waals surface area contributed by atoms with Crippen LogP contribution in [0.2, 0.25) is 0 Å². The number of aromatic nitrogens is 2. The molecule has 1 aromatic heterocycles. The number of methoxy groups -OCH3 is 2. The number of ether oxygens (including phenoxy) is 3. The van der Waals surface area contributed by atoms with E-state index in [1.54, 1.807) is 26.6 Å². The number of hydrogen-bond acceptors (Lipinski definition) is 9. The van der Waals surface area contributed by atoms with Gasteiger partial charge in [-0.15, -0.1) is 0 Å². The van der Waals surface area contributed by atoms with E-state index >= 15 is 0 Å². The van der Waals surface area contributed by atoms with Crippen molar-refractivity contribution in [3.05, 3.63) is 53.4 Å². The summed E-state index contributed by atoms with van der Waals surface area (Å²) in [5.41, 5.74) is 3.78. The van der Waals surface area contributed by atoms with E-state index in [1.807, 2.05) is 19.1 Å². The van der Waals surface area contributed by atoms with Crippen LogP contribution in [0.1, 0.15) is 48.8 Å². The fraction of sp³-hybridized carbons (Fsp3) is 0.400. The molecule has 1 saturated carbocycles. The molecule has 4 rings (SSSR count). The number of rotatable bonds is 7. The topological polar surface area (TPSA) is 161 Å². The molecule has 3 N–H and O–H groups in total. The molecule has 0 spiro atoms. The number of fused-ring (bicyclic) bond motifs is 3. The average Bonchev–Trinajstić information content (AvgIpc) is 2.87. The molecule has 1 fully saturated rings. The second kappa shape index (κ2) is 12.1. The predicted octanol–water partition coefficient (Wildman–Crippen LogP) is 2.45. The van der Waals surface area contributed by atoms with E-state index in [1.165, 1.54) is 0 Å². The molecule has 2 aliphatic rings. The van der Waals surface area contributed by atoms with Crippen molar-refractivity contribution in [2.45, 2.75) is 44.2 Å². The van der Waals surface area contributed by atoms with Gasteiger partial charge >= 0.3 is 17.9 Å². The van der Waals surface area contributed by atoms with Gasteiger partial charge in [0.25, 0.3) is 0 Å². The quantitative estimate of drug-likeness (QED) is 0.483. The van der Waals surface area contributed by atoms with E-state index < -0.39 is 11.9 Å². The standard InChI is InChI=1S/C21H25N3O4.C4H4O4/c1-4-28-19-8-14-15-7-13(25)5-6-17(15)24-20(16(14)9-18(19)26-2)12-10-22-21(27-3)23-11-12;5-3(6)1-2-4(7)8/h8-11,13,15,17,25H,4-7H2,1-3H3;1-2H,(H,5,6)(H,7,8)/t13-,15-,17-;/m1./s1. The number of carboxylic acid groups (broad SMARTS) is 2. The van der Waals surface area contributed by atoms with Crippen molar-refractivity contribution in [2.24, 2.45) is 4.99 Å². The maximum absolute atomic E-state index is 10.2. The minimum atomic E-state index is -1.26. The minimum absolute atomic E-state index is 0.121. The maximum Gasteiger partial charge on any atom is 0.328 e. The molecule has 0 radical (unpaired) electrons. The Hall–Kier alpha value is -3.99. The molecule has 2 aromatic rings. The van der Waals surface area contributed by atoms with Gasteiger partial charge in [-0.25, -0.2) is 19.6 Å². The van der Waals surface area contributed by atoms with Gasteiger partial charge in [0.15, 0.2) is 11.5 Å². The Bertz CT molecular complexity index is 1130. The Morgan fingerprint density at radius 3 is 2.25 bits per heavy atom. The number of carbonyl (C=O) groups is 2. The predicted molar refractivity (Wildman–Crippen MR) is 129 cm³/mol. The van der Waals surface area contributed by atoms with E-state index in [0.717, 1.165) is 41.0 Å². The average molecular weight is 500 g/mol. The Morgan fingerprint density at radius 2 is 1.69 bits per heavy atom. The fourth-order valence-corrected chi connectivity index (χ4v) is 4.29. The number of benzene rings is 1. The maximum atomic E-state index is 10.2. The van der Waals surface area contributed by atoms with Crippen LogP contribution in [0.25, 0.3) is 0 Å². The molecule has 0 unspecified atom stereocenters. The highest BCUT2D eigenvalue weighted by Gasteiger charge is 2.37. The lowest BCUT2D eigenvalue weighted by Gasteiger charge is -2.37. The Morgan fingerprint density at radius 1 is 1.03 bits per heavy atom. The second-order valence-electron chi connectivity index (χ2n) is 8.11. The van der Waals surface area contributed by atoms with Crippen molar-refractivity contribution in [3.63, 3.8) is 0 Å². The molecule has 11 nitrogen and oxygen atoms in total. The lowest BCUT2D eigenvalue weighted by atomic mass is 9.74. The van der Waals surface area contributed by atoms with Crippen LogP contribution in [-0.4, -0.2) is 75.9 Å². The number of aliphatic imine (C=N–C) groups is 1. The van der Waals surface area contributed by atoms with Crippen molar-refractivity contribution in [3.8, 4) is 17.5 Å². The molecule has 11 heteroatoms. The number of hydrogen-bond donors (Lipinski definition) is 3. The van der Waals surface area contributed by atoms with Crippen LogP contribution < -0.4 is 14.2 Å². The third-order valence-corrected chi connectivity index (χ3v) is 5.82. The van der Waals surface area contributed by atoms with E-state index in [0.29, 0.717) is 36.9 Å². The van der Waals surface area contributed by atoms with E-state index in [-0.39, 0.29) is 18.1 Å². The first-order chi connectivity index (χ1) is 17.3. The van der Waals surface area contributed by atoms with Crippen LogP contribution in [0.3, 0.4) is 0 Å². The summed E-state index contributed by atoms with van der Waals surface area (Å²) >= 11 is 0. The van der Waals surface area contributed by atoms with E-state index in [9.17, 15) is 14.7 Å². The largest absolute Gasteiger partial charge is 0.493 e. The highest BCUT2D eigenvalue weighted by atomic mass is 16.5. The van der Waals surface area contributed by atoms with Crippen molar-refractivity contribution in [1.29, 1.82) is 0 Å². The van der Waals surface area contributed by atoms with Gasteiger partial charge in [0, 0.05) is 41.6 Å². The summed E-state index contributed by atoms with van der Waals surface area (Å²) in [6, 6.07) is 4.46. The highest BCUT2D eigenvalue weighted by Crippen LogP contribution is 2.44. The van der Waals surface area contributed by atoms with Gasteiger partial charge in [0.05, 0.1) is 38.7 Å². The fourth-order valence-electron chi connectivity index (χ4n) is 4.29. The molecule has 1 aromatic carbocycles. The van der Waals surface area contributed by atoms with Crippen molar-refractivity contribution in [2.75, 3.05) is 20.8 Å². The Kier molecular flexibility index (Phi) is 8.96. The number of nitrogens with zero attached hydrogens (tertiary/aromatic N) is 3. The summed E-state index contributed by atoms with van der Waals surface area (Å²) in [6.45, 7) is 2.51. The molecule has 0 saturated heterocycles. The van der Waals surface area contributed by atoms with Gasteiger partial charge in [0.2, 0.25) is 0 Å². The first kappa shape index (κ1) is 26.6. The molecule has 1 aliphatic heterocycles. The summed E-state index contributed by atoms with van der Waals surface area (Å²) in [5, 5.41) is 25.9. The molecule has 0 bridgehead atoms. The number of aliphatic hydroxyl groups excluding tert-OH is 1.